The Hall–Kier alpha value is -2.47. The smallest absolute Gasteiger partial charge is 0.137 e. The molecule has 0 unspecified atom stereocenters. The van der Waals surface area contributed by atoms with Gasteiger partial charge in [0.15, 0.2) is 0 Å². The van der Waals surface area contributed by atoms with Crippen molar-refractivity contribution in [3.63, 3.8) is 0 Å². The Morgan fingerprint density at radius 3 is 3.04 bits per heavy atom. The van der Waals surface area contributed by atoms with Crippen molar-refractivity contribution in [2.75, 3.05) is 18.5 Å². The number of hydrogen-bond donors (Lipinski definition) is 1. The zero-order valence-corrected chi connectivity index (χ0v) is 13.9. The third-order valence-corrected chi connectivity index (χ3v) is 4.76. The fourth-order valence-corrected chi connectivity index (χ4v) is 3.44. The summed E-state index contributed by atoms with van der Waals surface area (Å²) < 4.78 is 7.85. The SMILES string of the molecule is Cc1cccc2c(NC[C@@H]3CCO[C@H]3c3ccnn3C)ncnc12. The first-order valence-corrected chi connectivity index (χ1v) is 8.28. The second kappa shape index (κ2) is 6.20. The van der Waals surface area contributed by atoms with Crippen molar-refractivity contribution < 1.29 is 4.74 Å². The molecule has 1 N–H and O–H groups in total. The van der Waals surface area contributed by atoms with Crippen LogP contribution in [0.3, 0.4) is 0 Å². The molecule has 4 rings (SSSR count). The van der Waals surface area contributed by atoms with Gasteiger partial charge in [0, 0.05) is 37.7 Å². The molecule has 0 amide bonds. The first-order chi connectivity index (χ1) is 11.7. The van der Waals surface area contributed by atoms with Gasteiger partial charge in [0.25, 0.3) is 0 Å². The molecule has 0 bridgehead atoms. The summed E-state index contributed by atoms with van der Waals surface area (Å²) in [6.45, 7) is 3.67. The fourth-order valence-electron chi connectivity index (χ4n) is 3.44. The van der Waals surface area contributed by atoms with Crippen molar-refractivity contribution >= 4 is 16.7 Å². The van der Waals surface area contributed by atoms with Crippen molar-refractivity contribution in [3.05, 3.63) is 48.0 Å². The Morgan fingerprint density at radius 2 is 2.21 bits per heavy atom. The van der Waals surface area contributed by atoms with Crippen LogP contribution in [0.25, 0.3) is 10.9 Å². The Labute approximate surface area is 140 Å². The lowest BCUT2D eigenvalue weighted by Crippen LogP contribution is -2.20. The van der Waals surface area contributed by atoms with Crippen LogP contribution in [0.15, 0.2) is 36.8 Å². The van der Waals surface area contributed by atoms with Crippen molar-refractivity contribution in [3.8, 4) is 0 Å². The summed E-state index contributed by atoms with van der Waals surface area (Å²) in [5, 5.41) is 8.83. The van der Waals surface area contributed by atoms with Crippen LogP contribution in [-0.2, 0) is 11.8 Å². The second-order valence-electron chi connectivity index (χ2n) is 6.29. The molecule has 0 radical (unpaired) electrons. The minimum absolute atomic E-state index is 0.0832. The third kappa shape index (κ3) is 2.63. The van der Waals surface area contributed by atoms with Gasteiger partial charge < -0.3 is 10.1 Å². The highest BCUT2D eigenvalue weighted by Gasteiger charge is 2.31. The zero-order chi connectivity index (χ0) is 16.5. The predicted octanol–water partition coefficient (Wildman–Crippen LogP) is 2.86. The number of aromatic nitrogens is 4. The number of para-hydroxylation sites is 1. The monoisotopic (exact) mass is 323 g/mol. The van der Waals surface area contributed by atoms with E-state index in [4.69, 9.17) is 4.74 Å². The van der Waals surface area contributed by atoms with Crippen LogP contribution in [0, 0.1) is 12.8 Å². The first-order valence-electron chi connectivity index (χ1n) is 8.28. The maximum Gasteiger partial charge on any atom is 0.137 e. The number of rotatable bonds is 4. The maximum absolute atomic E-state index is 5.95. The van der Waals surface area contributed by atoms with Gasteiger partial charge in [-0.2, -0.15) is 5.10 Å². The van der Waals surface area contributed by atoms with Crippen molar-refractivity contribution in [2.45, 2.75) is 19.4 Å². The van der Waals surface area contributed by atoms with E-state index in [0.29, 0.717) is 5.92 Å². The van der Waals surface area contributed by atoms with Crippen LogP contribution in [0.1, 0.15) is 23.8 Å². The molecule has 1 aliphatic rings. The molecule has 3 heterocycles. The average Bonchev–Trinajstić information content (AvgIpc) is 3.21. The highest BCUT2D eigenvalue weighted by Crippen LogP contribution is 2.34. The summed E-state index contributed by atoms with van der Waals surface area (Å²) in [4.78, 5) is 8.83. The first kappa shape index (κ1) is 15.1. The Bertz CT molecular complexity index is 859. The molecule has 1 saturated heterocycles. The number of ether oxygens (including phenoxy) is 1. The summed E-state index contributed by atoms with van der Waals surface area (Å²) in [7, 11) is 1.96. The van der Waals surface area contributed by atoms with Crippen LogP contribution in [0.5, 0.6) is 0 Å². The Morgan fingerprint density at radius 1 is 1.29 bits per heavy atom. The highest BCUT2D eigenvalue weighted by molar-refractivity contribution is 5.90. The lowest BCUT2D eigenvalue weighted by atomic mass is 9.99. The number of fused-ring (bicyclic) bond motifs is 1. The molecule has 1 aliphatic heterocycles. The summed E-state index contributed by atoms with van der Waals surface area (Å²) in [5.41, 5.74) is 3.29. The minimum Gasteiger partial charge on any atom is -0.372 e. The molecule has 24 heavy (non-hydrogen) atoms. The van der Waals surface area contributed by atoms with Crippen LogP contribution >= 0.6 is 0 Å². The van der Waals surface area contributed by atoms with E-state index in [1.165, 1.54) is 0 Å². The molecule has 3 aromatic rings. The topological polar surface area (TPSA) is 64.9 Å². The van der Waals surface area contributed by atoms with Crippen LogP contribution in [0.4, 0.5) is 5.82 Å². The van der Waals surface area contributed by atoms with Crippen molar-refractivity contribution in [2.24, 2.45) is 13.0 Å². The largest absolute Gasteiger partial charge is 0.372 e. The molecule has 0 saturated carbocycles. The molecule has 6 heteroatoms. The van der Waals surface area contributed by atoms with Gasteiger partial charge in [0.2, 0.25) is 0 Å². The van der Waals surface area contributed by atoms with Gasteiger partial charge in [-0.3, -0.25) is 4.68 Å². The van der Waals surface area contributed by atoms with Gasteiger partial charge in [-0.05, 0) is 31.0 Å². The van der Waals surface area contributed by atoms with Gasteiger partial charge in [-0.25, -0.2) is 9.97 Å². The molecule has 6 nitrogen and oxygen atoms in total. The molecule has 124 valence electrons. The van der Waals surface area contributed by atoms with E-state index in [9.17, 15) is 0 Å². The summed E-state index contributed by atoms with van der Waals surface area (Å²) in [5.74, 6) is 1.29. The normalized spacial score (nSPS) is 20.6. The van der Waals surface area contributed by atoms with Gasteiger partial charge in [-0.15, -0.1) is 0 Å². The van der Waals surface area contributed by atoms with Crippen molar-refractivity contribution in [1.82, 2.24) is 19.7 Å². The molecule has 1 fully saturated rings. The number of anilines is 1. The number of hydrogen-bond acceptors (Lipinski definition) is 5. The van der Waals surface area contributed by atoms with Crippen LogP contribution < -0.4 is 5.32 Å². The Balaban J connectivity index is 1.55. The van der Waals surface area contributed by atoms with Crippen LogP contribution in [0.2, 0.25) is 0 Å². The van der Waals surface area contributed by atoms with Gasteiger partial charge >= 0.3 is 0 Å². The number of benzene rings is 1. The van der Waals surface area contributed by atoms with E-state index in [1.54, 1.807) is 6.33 Å². The fraction of sp³-hybridized carbons (Fsp3) is 0.389. The maximum atomic E-state index is 5.95. The number of nitrogens with zero attached hydrogens (tertiary/aromatic N) is 4. The summed E-state index contributed by atoms with van der Waals surface area (Å²) in [6.07, 6.45) is 4.56. The molecule has 1 aromatic carbocycles. The molecular weight excluding hydrogens is 302 g/mol. The van der Waals surface area contributed by atoms with Gasteiger partial charge in [-0.1, -0.05) is 12.1 Å². The predicted molar refractivity (Wildman–Crippen MR) is 92.8 cm³/mol. The van der Waals surface area contributed by atoms with E-state index < -0.39 is 0 Å². The molecular formula is C18H21N5O. The molecule has 2 aromatic heterocycles. The summed E-state index contributed by atoms with van der Waals surface area (Å²) >= 11 is 0. The standard InChI is InChI=1S/C18H21N5O/c1-12-4-3-5-14-16(12)20-11-21-18(14)19-10-13-7-9-24-17(13)15-6-8-22-23(15)2/h3-6,8,11,13,17H,7,9-10H2,1-2H3,(H,19,20,21)/t13-,17+/m0/s1. The van der Waals surface area contributed by atoms with E-state index in [1.807, 2.05) is 30.1 Å². The van der Waals surface area contributed by atoms with Gasteiger partial charge in [0.05, 0.1) is 11.2 Å². The van der Waals surface area contributed by atoms with E-state index >= 15 is 0 Å². The highest BCUT2D eigenvalue weighted by atomic mass is 16.5. The van der Waals surface area contributed by atoms with E-state index in [0.717, 1.165) is 47.6 Å². The third-order valence-electron chi connectivity index (χ3n) is 4.76. The summed E-state index contributed by atoms with van der Waals surface area (Å²) in [6, 6.07) is 8.21. The quantitative estimate of drug-likeness (QED) is 0.800. The zero-order valence-electron chi connectivity index (χ0n) is 13.9. The van der Waals surface area contributed by atoms with Crippen molar-refractivity contribution in [1.29, 1.82) is 0 Å². The molecule has 0 aliphatic carbocycles. The molecule has 2 atom stereocenters. The average molecular weight is 323 g/mol. The minimum atomic E-state index is 0.0832. The second-order valence-corrected chi connectivity index (χ2v) is 6.29. The number of aryl methyl sites for hydroxylation is 2. The Kier molecular flexibility index (Phi) is 3.90. The van der Waals surface area contributed by atoms with Gasteiger partial charge in [0.1, 0.15) is 18.2 Å². The van der Waals surface area contributed by atoms with E-state index in [2.05, 4.69) is 39.4 Å². The number of nitrogens with one attached hydrogen (secondary N) is 1. The van der Waals surface area contributed by atoms with E-state index in [-0.39, 0.29) is 6.10 Å². The lowest BCUT2D eigenvalue weighted by molar-refractivity contribution is 0.0866. The van der Waals surface area contributed by atoms with Crippen LogP contribution in [-0.4, -0.2) is 32.9 Å². The molecule has 0 spiro atoms. The lowest BCUT2D eigenvalue weighted by Gasteiger charge is -2.20.